The third kappa shape index (κ3) is 4.97. The number of hydrogen-bond donors (Lipinski definition) is 1. The van der Waals surface area contributed by atoms with E-state index in [1.54, 1.807) is 18.2 Å². The summed E-state index contributed by atoms with van der Waals surface area (Å²) in [6, 6.07) is 13.1. The molecule has 29 heavy (non-hydrogen) atoms. The first kappa shape index (κ1) is 20.5. The predicted octanol–water partition coefficient (Wildman–Crippen LogP) is 3.70. The van der Waals surface area contributed by atoms with Crippen molar-refractivity contribution < 1.29 is 29.0 Å². The Hall–Kier alpha value is -3.26. The number of carbonyl (C=O) groups excluding carboxylic acids is 2. The Balaban J connectivity index is 1.75. The van der Waals surface area contributed by atoms with Crippen LogP contribution in [0.5, 0.6) is 11.5 Å². The molecule has 0 spiro atoms. The third-order valence-corrected chi connectivity index (χ3v) is 5.07. The number of methoxy groups -OCH3 is 1. The van der Waals surface area contributed by atoms with E-state index in [0.29, 0.717) is 40.3 Å². The number of carboxylic acid groups (broad SMARTS) is 1. The topological polar surface area (TPSA) is 93.1 Å². The number of aryl methyl sites for hydroxylation is 1. The molecule has 2 aromatic rings. The Bertz CT molecular complexity index is 983. The number of imide groups is 1. The van der Waals surface area contributed by atoms with E-state index in [1.165, 1.54) is 18.7 Å². The molecule has 0 bridgehead atoms. The molecule has 1 aliphatic heterocycles. The summed E-state index contributed by atoms with van der Waals surface area (Å²) in [5.41, 5.74) is 2.82. The SMILES string of the molecule is COc1cc(/C=C2/SC(=O)N(CC(=O)O)C2=O)ccc1OCc1ccc(C)cc1. The zero-order valence-electron chi connectivity index (χ0n) is 15.9. The van der Waals surface area contributed by atoms with Crippen LogP contribution in [-0.2, 0) is 16.2 Å². The van der Waals surface area contributed by atoms with Gasteiger partial charge in [0, 0.05) is 0 Å². The lowest BCUT2D eigenvalue weighted by atomic mass is 10.1. The highest BCUT2D eigenvalue weighted by molar-refractivity contribution is 8.18. The number of rotatable bonds is 7. The average molecular weight is 413 g/mol. The van der Waals surface area contributed by atoms with Gasteiger partial charge in [0.25, 0.3) is 11.1 Å². The minimum atomic E-state index is -1.25. The van der Waals surface area contributed by atoms with Gasteiger partial charge in [-0.05, 0) is 48.0 Å². The molecule has 150 valence electrons. The molecule has 0 saturated carbocycles. The number of amides is 2. The fourth-order valence-corrected chi connectivity index (χ4v) is 3.50. The molecule has 0 unspecified atom stereocenters. The monoisotopic (exact) mass is 413 g/mol. The maximum absolute atomic E-state index is 12.3. The number of thioether (sulfide) groups is 1. The molecule has 3 rings (SSSR count). The van der Waals surface area contributed by atoms with E-state index in [-0.39, 0.29) is 4.91 Å². The highest BCUT2D eigenvalue weighted by Crippen LogP contribution is 2.34. The lowest BCUT2D eigenvalue weighted by Gasteiger charge is -2.12. The highest BCUT2D eigenvalue weighted by atomic mass is 32.2. The van der Waals surface area contributed by atoms with Gasteiger partial charge in [-0.1, -0.05) is 35.9 Å². The van der Waals surface area contributed by atoms with Gasteiger partial charge in [0.15, 0.2) is 11.5 Å². The summed E-state index contributed by atoms with van der Waals surface area (Å²) >= 11 is 0.708. The number of carboxylic acids is 1. The molecule has 0 aromatic heterocycles. The summed E-state index contributed by atoms with van der Waals surface area (Å²) in [7, 11) is 1.51. The number of aliphatic carboxylic acids is 1. The van der Waals surface area contributed by atoms with Gasteiger partial charge in [0.1, 0.15) is 13.2 Å². The second-order valence-electron chi connectivity index (χ2n) is 6.35. The summed E-state index contributed by atoms with van der Waals surface area (Å²) in [4.78, 5) is 35.8. The van der Waals surface area contributed by atoms with Crippen molar-refractivity contribution >= 4 is 35.0 Å². The largest absolute Gasteiger partial charge is 0.493 e. The second kappa shape index (κ2) is 8.83. The third-order valence-electron chi connectivity index (χ3n) is 4.17. The first-order valence-corrected chi connectivity index (χ1v) is 9.52. The summed E-state index contributed by atoms with van der Waals surface area (Å²) in [6.45, 7) is 1.74. The van der Waals surface area contributed by atoms with Crippen LogP contribution >= 0.6 is 11.8 Å². The van der Waals surface area contributed by atoms with Crippen LogP contribution in [0.2, 0.25) is 0 Å². The molecule has 2 aromatic carbocycles. The van der Waals surface area contributed by atoms with Gasteiger partial charge in [-0.3, -0.25) is 19.3 Å². The first-order chi connectivity index (χ1) is 13.9. The molecule has 2 amide bonds. The highest BCUT2D eigenvalue weighted by Gasteiger charge is 2.36. The van der Waals surface area contributed by atoms with Crippen molar-refractivity contribution in [3.63, 3.8) is 0 Å². The molecule has 1 N–H and O–H groups in total. The van der Waals surface area contributed by atoms with Crippen molar-refractivity contribution in [3.8, 4) is 11.5 Å². The molecule has 0 radical (unpaired) electrons. The number of nitrogens with zero attached hydrogens (tertiary/aromatic N) is 1. The molecular weight excluding hydrogens is 394 g/mol. The van der Waals surface area contributed by atoms with Crippen molar-refractivity contribution in [3.05, 3.63) is 64.1 Å². The standard InChI is InChI=1S/C21H19NO6S/c1-13-3-5-14(6-4-13)12-28-16-8-7-15(9-17(16)27-2)10-18-20(25)22(11-19(23)24)21(26)29-18/h3-10H,11-12H2,1-2H3,(H,23,24)/b18-10+. The molecule has 0 atom stereocenters. The molecule has 8 heteroatoms. The fourth-order valence-electron chi connectivity index (χ4n) is 2.66. The van der Waals surface area contributed by atoms with Crippen molar-refractivity contribution in [1.29, 1.82) is 0 Å². The van der Waals surface area contributed by atoms with Crippen molar-refractivity contribution in [2.24, 2.45) is 0 Å². The van der Waals surface area contributed by atoms with Gasteiger partial charge in [-0.2, -0.15) is 0 Å². The zero-order chi connectivity index (χ0) is 21.0. The molecule has 1 saturated heterocycles. The smallest absolute Gasteiger partial charge is 0.323 e. The first-order valence-electron chi connectivity index (χ1n) is 8.71. The van der Waals surface area contributed by atoms with Crippen LogP contribution in [-0.4, -0.2) is 40.8 Å². The Morgan fingerprint density at radius 1 is 1.14 bits per heavy atom. The second-order valence-corrected chi connectivity index (χ2v) is 7.34. The summed E-state index contributed by atoms with van der Waals surface area (Å²) in [6.07, 6.45) is 1.53. The number of benzene rings is 2. The Morgan fingerprint density at radius 2 is 1.86 bits per heavy atom. The van der Waals surface area contributed by atoms with Gasteiger partial charge in [0.05, 0.1) is 12.0 Å². The summed E-state index contributed by atoms with van der Waals surface area (Å²) in [5, 5.41) is 8.22. The lowest BCUT2D eigenvalue weighted by Crippen LogP contribution is -2.33. The van der Waals surface area contributed by atoms with E-state index in [2.05, 4.69) is 0 Å². The van der Waals surface area contributed by atoms with E-state index < -0.39 is 23.7 Å². The Labute approximate surface area is 171 Å². The van der Waals surface area contributed by atoms with E-state index in [1.807, 2.05) is 31.2 Å². The minimum absolute atomic E-state index is 0.159. The van der Waals surface area contributed by atoms with Crippen molar-refractivity contribution in [2.45, 2.75) is 13.5 Å². The van der Waals surface area contributed by atoms with Crippen LogP contribution in [0.15, 0.2) is 47.4 Å². The summed E-state index contributed by atoms with van der Waals surface area (Å²) in [5.74, 6) is -0.841. The van der Waals surface area contributed by atoms with Crippen molar-refractivity contribution in [1.82, 2.24) is 4.90 Å². The van der Waals surface area contributed by atoms with Crippen LogP contribution in [0.3, 0.4) is 0 Å². The minimum Gasteiger partial charge on any atom is -0.493 e. The van der Waals surface area contributed by atoms with E-state index >= 15 is 0 Å². The molecule has 1 heterocycles. The normalized spacial score (nSPS) is 15.1. The zero-order valence-corrected chi connectivity index (χ0v) is 16.7. The molecule has 0 aliphatic carbocycles. The van der Waals surface area contributed by atoms with E-state index in [9.17, 15) is 14.4 Å². The molecular formula is C21H19NO6S. The quantitative estimate of drug-likeness (QED) is 0.692. The molecule has 1 aliphatic rings. The van der Waals surface area contributed by atoms with Crippen molar-refractivity contribution in [2.75, 3.05) is 13.7 Å². The van der Waals surface area contributed by atoms with Gasteiger partial charge < -0.3 is 14.6 Å². The maximum atomic E-state index is 12.3. The molecule has 1 fully saturated rings. The van der Waals surface area contributed by atoms with Gasteiger partial charge in [0.2, 0.25) is 0 Å². The van der Waals surface area contributed by atoms with Gasteiger partial charge in [-0.15, -0.1) is 0 Å². The van der Waals surface area contributed by atoms with Gasteiger partial charge in [-0.25, -0.2) is 0 Å². The Morgan fingerprint density at radius 3 is 2.52 bits per heavy atom. The summed E-state index contributed by atoms with van der Waals surface area (Å²) < 4.78 is 11.2. The van der Waals surface area contributed by atoms with Crippen LogP contribution in [0, 0.1) is 6.92 Å². The predicted molar refractivity (Wildman–Crippen MR) is 109 cm³/mol. The number of ether oxygens (including phenoxy) is 2. The van der Waals surface area contributed by atoms with Crippen LogP contribution in [0.4, 0.5) is 4.79 Å². The Kier molecular flexibility index (Phi) is 6.23. The average Bonchev–Trinajstić information content (AvgIpc) is 2.95. The number of carbonyl (C=O) groups is 3. The van der Waals surface area contributed by atoms with Gasteiger partial charge >= 0.3 is 5.97 Å². The van der Waals surface area contributed by atoms with Crippen LogP contribution in [0.25, 0.3) is 6.08 Å². The lowest BCUT2D eigenvalue weighted by molar-refractivity contribution is -0.140. The molecule has 7 nitrogen and oxygen atoms in total. The van der Waals surface area contributed by atoms with E-state index in [4.69, 9.17) is 14.6 Å². The van der Waals surface area contributed by atoms with Crippen LogP contribution in [0.1, 0.15) is 16.7 Å². The number of hydrogen-bond acceptors (Lipinski definition) is 6. The van der Waals surface area contributed by atoms with E-state index in [0.717, 1.165) is 5.56 Å². The fraction of sp³-hybridized carbons (Fsp3) is 0.190. The maximum Gasteiger partial charge on any atom is 0.323 e. The van der Waals surface area contributed by atoms with Crippen LogP contribution < -0.4 is 9.47 Å².